The molecule has 0 saturated heterocycles. The minimum Gasteiger partial charge on any atom is -0.393 e. The van der Waals surface area contributed by atoms with Crippen molar-refractivity contribution >= 4 is 40.5 Å². The molecule has 0 atom stereocenters. The van der Waals surface area contributed by atoms with Crippen molar-refractivity contribution in [1.82, 2.24) is 20.4 Å². The maximum atomic E-state index is 12.0. The number of nitrogen functional groups attached to an aromatic ring is 1. The Bertz CT molecular complexity index is 889. The van der Waals surface area contributed by atoms with Gasteiger partial charge in [0.05, 0.1) is 5.56 Å². The first-order chi connectivity index (χ1) is 12.1. The second kappa shape index (κ2) is 7.45. The van der Waals surface area contributed by atoms with E-state index < -0.39 is 0 Å². The number of hydrogen-bond acceptors (Lipinski definition) is 7. The zero-order valence-corrected chi connectivity index (χ0v) is 13.7. The van der Waals surface area contributed by atoms with Gasteiger partial charge in [-0.1, -0.05) is 17.7 Å². The molecule has 0 bridgehead atoms. The zero-order valence-electron chi connectivity index (χ0n) is 12.9. The summed E-state index contributed by atoms with van der Waals surface area (Å²) in [5.74, 6) is 0.280. The maximum Gasteiger partial charge on any atom is 0.271 e. The highest BCUT2D eigenvalue weighted by Crippen LogP contribution is 2.26. The number of nitrogens with zero attached hydrogens (tertiary/aromatic N) is 3. The summed E-state index contributed by atoms with van der Waals surface area (Å²) in [4.78, 5) is 24.0. The number of pyridine rings is 1. The monoisotopic (exact) mass is 355 g/mol. The van der Waals surface area contributed by atoms with Gasteiger partial charge in [0.25, 0.3) is 5.91 Å². The lowest BCUT2D eigenvalue weighted by molar-refractivity contribution is 0.0962. The summed E-state index contributed by atoms with van der Waals surface area (Å²) >= 11 is 5.96. The van der Waals surface area contributed by atoms with Crippen molar-refractivity contribution in [2.24, 2.45) is 0 Å². The van der Waals surface area contributed by atoms with E-state index in [2.05, 4.69) is 31.1 Å². The quantitative estimate of drug-likeness (QED) is 0.519. The summed E-state index contributed by atoms with van der Waals surface area (Å²) in [6.07, 6.45) is 4.36. The zero-order chi connectivity index (χ0) is 17.6. The van der Waals surface area contributed by atoms with Gasteiger partial charge in [0.15, 0.2) is 11.6 Å². The summed E-state index contributed by atoms with van der Waals surface area (Å²) in [6.45, 7) is 0. The van der Waals surface area contributed by atoms with Crippen LogP contribution >= 0.6 is 11.6 Å². The molecule has 2 aromatic heterocycles. The number of amides is 1. The van der Waals surface area contributed by atoms with Gasteiger partial charge in [-0.3, -0.25) is 20.6 Å². The molecule has 3 aromatic rings. The molecule has 0 aliphatic rings. The normalized spacial score (nSPS) is 10.1. The minimum atomic E-state index is -0.365. The fraction of sp³-hybridized carbons (Fsp3) is 0. The summed E-state index contributed by atoms with van der Waals surface area (Å²) in [6, 6.07) is 10.4. The van der Waals surface area contributed by atoms with Gasteiger partial charge in [-0.25, -0.2) is 9.97 Å². The van der Waals surface area contributed by atoms with E-state index >= 15 is 0 Å². The maximum absolute atomic E-state index is 12.0. The molecule has 1 aromatic carbocycles. The standard InChI is InChI=1S/C16H14ClN7O/c17-11-4-1-5-12(7-11)22-14-13(18)15(21-9-20-14)23-24-16(25)10-3-2-6-19-8-10/h1-9H,18H2,(H,24,25)(H2,20,21,22,23). The number of halogens is 1. The molecule has 0 spiro atoms. The minimum absolute atomic E-state index is 0.244. The van der Waals surface area contributed by atoms with Gasteiger partial charge in [0.2, 0.25) is 0 Å². The Morgan fingerprint density at radius 3 is 2.72 bits per heavy atom. The average molecular weight is 356 g/mol. The summed E-state index contributed by atoms with van der Waals surface area (Å²) in [5, 5.41) is 3.63. The SMILES string of the molecule is Nc1c(NNC(=O)c2cccnc2)ncnc1Nc1cccc(Cl)c1. The van der Waals surface area contributed by atoms with Gasteiger partial charge >= 0.3 is 0 Å². The van der Waals surface area contributed by atoms with E-state index in [1.54, 1.807) is 36.5 Å². The van der Waals surface area contributed by atoms with Crippen LogP contribution < -0.4 is 21.9 Å². The van der Waals surface area contributed by atoms with Crippen molar-refractivity contribution < 1.29 is 4.79 Å². The number of rotatable bonds is 5. The van der Waals surface area contributed by atoms with Crippen LogP contribution in [0.3, 0.4) is 0 Å². The molecule has 2 heterocycles. The van der Waals surface area contributed by atoms with E-state index in [1.165, 1.54) is 12.5 Å². The molecule has 0 saturated carbocycles. The molecule has 25 heavy (non-hydrogen) atoms. The molecule has 8 nitrogen and oxygen atoms in total. The predicted octanol–water partition coefficient (Wildman–Crippen LogP) is 2.61. The Labute approximate surface area is 148 Å². The Morgan fingerprint density at radius 1 is 1.12 bits per heavy atom. The first kappa shape index (κ1) is 16.5. The molecule has 126 valence electrons. The van der Waals surface area contributed by atoms with Crippen molar-refractivity contribution in [3.63, 3.8) is 0 Å². The molecular weight excluding hydrogens is 342 g/mol. The fourth-order valence-electron chi connectivity index (χ4n) is 1.98. The molecule has 0 radical (unpaired) electrons. The molecule has 0 aliphatic heterocycles. The highest BCUT2D eigenvalue weighted by molar-refractivity contribution is 6.30. The molecule has 0 fully saturated rings. The Kier molecular flexibility index (Phi) is 4.91. The van der Waals surface area contributed by atoms with Crippen molar-refractivity contribution in [3.05, 3.63) is 65.7 Å². The molecule has 3 rings (SSSR count). The number of carbonyl (C=O) groups excluding carboxylic acids is 1. The van der Waals surface area contributed by atoms with Crippen LogP contribution in [0.4, 0.5) is 23.0 Å². The molecule has 5 N–H and O–H groups in total. The van der Waals surface area contributed by atoms with E-state index in [0.29, 0.717) is 16.4 Å². The molecular formula is C16H14ClN7O. The highest BCUT2D eigenvalue weighted by atomic mass is 35.5. The average Bonchev–Trinajstić information content (AvgIpc) is 2.63. The highest BCUT2D eigenvalue weighted by Gasteiger charge is 2.10. The Morgan fingerprint density at radius 2 is 1.96 bits per heavy atom. The van der Waals surface area contributed by atoms with Gasteiger partial charge < -0.3 is 11.1 Å². The van der Waals surface area contributed by atoms with Crippen LogP contribution in [0.5, 0.6) is 0 Å². The molecule has 9 heteroatoms. The number of hydrogen-bond donors (Lipinski definition) is 4. The second-order valence-corrected chi connectivity index (χ2v) is 5.38. The third-order valence-electron chi connectivity index (χ3n) is 3.19. The van der Waals surface area contributed by atoms with Crippen molar-refractivity contribution in [2.45, 2.75) is 0 Å². The van der Waals surface area contributed by atoms with Gasteiger partial charge in [0.1, 0.15) is 12.0 Å². The van der Waals surface area contributed by atoms with E-state index in [1.807, 2.05) is 6.07 Å². The van der Waals surface area contributed by atoms with Crippen molar-refractivity contribution in [2.75, 3.05) is 16.5 Å². The molecule has 1 amide bonds. The lowest BCUT2D eigenvalue weighted by Crippen LogP contribution is -2.30. The van der Waals surface area contributed by atoms with Gasteiger partial charge in [-0.15, -0.1) is 0 Å². The summed E-state index contributed by atoms with van der Waals surface area (Å²) in [5.41, 5.74) is 12.6. The predicted molar refractivity (Wildman–Crippen MR) is 96.5 cm³/mol. The van der Waals surface area contributed by atoms with Crippen LogP contribution in [-0.2, 0) is 0 Å². The van der Waals surface area contributed by atoms with Gasteiger partial charge in [-0.2, -0.15) is 0 Å². The number of aromatic nitrogens is 3. The third kappa shape index (κ3) is 4.12. The van der Waals surface area contributed by atoms with E-state index in [-0.39, 0.29) is 17.4 Å². The number of anilines is 4. The van der Waals surface area contributed by atoms with Crippen LogP contribution in [-0.4, -0.2) is 20.9 Å². The number of benzene rings is 1. The van der Waals surface area contributed by atoms with E-state index in [0.717, 1.165) is 5.69 Å². The molecule has 0 unspecified atom stereocenters. The second-order valence-electron chi connectivity index (χ2n) is 4.94. The van der Waals surface area contributed by atoms with Crippen LogP contribution in [0.2, 0.25) is 5.02 Å². The largest absolute Gasteiger partial charge is 0.393 e. The van der Waals surface area contributed by atoms with Gasteiger partial charge in [0, 0.05) is 23.1 Å². The van der Waals surface area contributed by atoms with E-state index in [9.17, 15) is 4.79 Å². The van der Waals surface area contributed by atoms with Crippen LogP contribution in [0.1, 0.15) is 10.4 Å². The van der Waals surface area contributed by atoms with Crippen molar-refractivity contribution in [1.29, 1.82) is 0 Å². The number of nitrogens with two attached hydrogens (primary N) is 1. The smallest absolute Gasteiger partial charge is 0.271 e. The van der Waals surface area contributed by atoms with E-state index in [4.69, 9.17) is 17.3 Å². The first-order valence-corrected chi connectivity index (χ1v) is 7.61. The van der Waals surface area contributed by atoms with Crippen LogP contribution in [0.15, 0.2) is 55.1 Å². The first-order valence-electron chi connectivity index (χ1n) is 7.23. The third-order valence-corrected chi connectivity index (χ3v) is 3.42. The number of carbonyl (C=O) groups is 1. The number of nitrogens with one attached hydrogen (secondary N) is 3. The van der Waals surface area contributed by atoms with Crippen LogP contribution in [0, 0.1) is 0 Å². The van der Waals surface area contributed by atoms with Gasteiger partial charge in [-0.05, 0) is 30.3 Å². The number of hydrazine groups is 1. The summed E-state index contributed by atoms with van der Waals surface area (Å²) < 4.78 is 0. The topological polar surface area (TPSA) is 118 Å². The molecule has 0 aliphatic carbocycles. The Hall–Kier alpha value is -3.39. The van der Waals surface area contributed by atoms with Crippen LogP contribution in [0.25, 0.3) is 0 Å². The lowest BCUT2D eigenvalue weighted by atomic mass is 10.3. The lowest BCUT2D eigenvalue weighted by Gasteiger charge is -2.13. The fourth-order valence-corrected chi connectivity index (χ4v) is 2.17. The Balaban J connectivity index is 1.72. The van der Waals surface area contributed by atoms with Crippen molar-refractivity contribution in [3.8, 4) is 0 Å². The summed E-state index contributed by atoms with van der Waals surface area (Å²) in [7, 11) is 0.